The normalized spacial score (nSPS) is 15.0. The minimum Gasteiger partial charge on any atom is -0.478 e. The van der Waals surface area contributed by atoms with Gasteiger partial charge in [-0.1, -0.05) is 6.08 Å². The fourth-order valence-electron chi connectivity index (χ4n) is 5.31. The van der Waals surface area contributed by atoms with E-state index in [4.69, 9.17) is 5.73 Å². The zero-order valence-corrected chi connectivity index (χ0v) is 21.5. The number of halogens is 3. The molecule has 0 bridgehead atoms. The Morgan fingerprint density at radius 1 is 1.18 bits per heavy atom. The monoisotopic (exact) mass is 537 g/mol. The van der Waals surface area contributed by atoms with E-state index in [2.05, 4.69) is 9.88 Å². The molecule has 0 unspecified atom stereocenters. The van der Waals surface area contributed by atoms with Crippen LogP contribution in [0.2, 0.25) is 0 Å². The SMILES string of the molecule is Cc1cc(C(=O)O)cc(F)c1C1=CCN([C@@H](C)c2cc3c(-n4cc(F)c(N)c(F)c4=O)ccnc3n2C)CC1. The number of hydrogen-bond donors (Lipinski definition) is 2. The Kier molecular flexibility index (Phi) is 6.55. The van der Waals surface area contributed by atoms with Crippen molar-refractivity contribution in [3.63, 3.8) is 0 Å². The van der Waals surface area contributed by atoms with Crippen LogP contribution in [-0.2, 0) is 7.05 Å². The molecule has 3 N–H and O–H groups in total. The fourth-order valence-corrected chi connectivity index (χ4v) is 5.31. The maximum absolute atomic E-state index is 14.8. The first-order chi connectivity index (χ1) is 18.5. The number of aromatic nitrogens is 3. The molecule has 3 aromatic heterocycles. The molecule has 0 saturated heterocycles. The number of rotatable bonds is 5. The largest absolute Gasteiger partial charge is 0.478 e. The summed E-state index contributed by atoms with van der Waals surface area (Å²) in [7, 11) is 1.83. The number of pyridine rings is 2. The highest BCUT2D eigenvalue weighted by Crippen LogP contribution is 2.34. The highest BCUT2D eigenvalue weighted by Gasteiger charge is 2.26. The Hall–Kier alpha value is -4.38. The van der Waals surface area contributed by atoms with Gasteiger partial charge in [-0.25, -0.2) is 18.6 Å². The van der Waals surface area contributed by atoms with Crippen LogP contribution in [0.15, 0.2) is 47.5 Å². The molecular formula is C28H26F3N5O3. The van der Waals surface area contributed by atoms with Gasteiger partial charge in [0.15, 0.2) is 5.82 Å². The molecule has 11 heteroatoms. The number of aromatic carboxylic acids is 1. The number of hydrogen-bond acceptors (Lipinski definition) is 5. The van der Waals surface area contributed by atoms with E-state index in [1.807, 2.05) is 30.7 Å². The molecule has 1 atom stereocenters. The average molecular weight is 538 g/mol. The van der Waals surface area contributed by atoms with Crippen LogP contribution in [-0.4, -0.2) is 43.2 Å². The summed E-state index contributed by atoms with van der Waals surface area (Å²) in [6.07, 6.45) is 4.83. The standard InChI is InChI=1S/C28H26F3N5O3/c1-14-10-17(28(38)39)11-19(29)23(14)16-5-8-35(9-6-16)15(2)22-12-18-21(4-7-33-26(18)34(22)3)36-13-20(30)25(32)24(31)27(36)37/h4-5,7,10-13,15H,6,8-9,32H2,1-3H3,(H,38,39)/t15-/m0/s1. The van der Waals surface area contributed by atoms with Crippen molar-refractivity contribution >= 4 is 28.3 Å². The minimum atomic E-state index is -1.36. The summed E-state index contributed by atoms with van der Waals surface area (Å²) in [5.41, 5.74) is 6.84. The van der Waals surface area contributed by atoms with Crippen molar-refractivity contribution in [1.29, 1.82) is 0 Å². The predicted octanol–water partition coefficient (Wildman–Crippen LogP) is 4.58. The molecule has 8 nitrogen and oxygen atoms in total. The number of carboxylic acids is 1. The Labute approximate surface area is 221 Å². The summed E-state index contributed by atoms with van der Waals surface area (Å²) in [4.78, 5) is 30.4. The second-order valence-electron chi connectivity index (χ2n) is 9.68. The van der Waals surface area contributed by atoms with Crippen LogP contribution in [0.4, 0.5) is 18.9 Å². The van der Waals surface area contributed by atoms with E-state index in [1.54, 1.807) is 6.92 Å². The molecular weight excluding hydrogens is 511 g/mol. The molecule has 0 fully saturated rings. The summed E-state index contributed by atoms with van der Waals surface area (Å²) in [5.74, 6) is -4.13. The lowest BCUT2D eigenvalue weighted by Crippen LogP contribution is -2.32. The first kappa shape index (κ1) is 26.2. The maximum atomic E-state index is 14.8. The van der Waals surface area contributed by atoms with Crippen LogP contribution in [0, 0.1) is 24.4 Å². The van der Waals surface area contributed by atoms with Crippen LogP contribution in [0.3, 0.4) is 0 Å². The summed E-state index contributed by atoms with van der Waals surface area (Å²) >= 11 is 0. The van der Waals surface area contributed by atoms with Gasteiger partial charge >= 0.3 is 5.97 Å². The number of benzene rings is 1. The first-order valence-electron chi connectivity index (χ1n) is 12.3. The van der Waals surface area contributed by atoms with Crippen molar-refractivity contribution < 1.29 is 23.1 Å². The van der Waals surface area contributed by atoms with E-state index < -0.39 is 34.7 Å². The van der Waals surface area contributed by atoms with Crippen LogP contribution >= 0.6 is 0 Å². The highest BCUT2D eigenvalue weighted by atomic mass is 19.1. The molecule has 0 radical (unpaired) electrons. The number of anilines is 1. The van der Waals surface area contributed by atoms with Crippen LogP contribution in [0.25, 0.3) is 22.3 Å². The average Bonchev–Trinajstić information content (AvgIpc) is 3.25. The van der Waals surface area contributed by atoms with Gasteiger partial charge < -0.3 is 15.4 Å². The smallest absolute Gasteiger partial charge is 0.335 e. The molecule has 0 saturated carbocycles. The molecule has 39 heavy (non-hydrogen) atoms. The van der Waals surface area contributed by atoms with Crippen molar-refractivity contribution in [2.75, 3.05) is 18.8 Å². The molecule has 202 valence electrons. The number of nitrogens with zero attached hydrogens (tertiary/aromatic N) is 4. The van der Waals surface area contributed by atoms with E-state index >= 15 is 0 Å². The van der Waals surface area contributed by atoms with E-state index in [0.717, 1.165) is 28.1 Å². The zero-order valence-electron chi connectivity index (χ0n) is 21.5. The third-order valence-corrected chi connectivity index (χ3v) is 7.42. The number of aryl methyl sites for hydroxylation is 2. The number of nitrogens with two attached hydrogens (primary N) is 1. The zero-order chi connectivity index (χ0) is 28.2. The van der Waals surface area contributed by atoms with Crippen molar-refractivity contribution in [2.45, 2.75) is 26.3 Å². The van der Waals surface area contributed by atoms with E-state index in [-0.39, 0.29) is 17.3 Å². The third-order valence-electron chi connectivity index (χ3n) is 7.42. The summed E-state index contributed by atoms with van der Waals surface area (Å²) in [5, 5.41) is 9.73. The van der Waals surface area contributed by atoms with Crippen molar-refractivity contribution in [2.24, 2.45) is 7.05 Å². The molecule has 1 aliphatic heterocycles. The Balaban J connectivity index is 1.48. The van der Waals surface area contributed by atoms with Gasteiger partial charge in [0.1, 0.15) is 17.2 Å². The number of nitrogen functional groups attached to an aromatic ring is 1. The van der Waals surface area contributed by atoms with Crippen LogP contribution in [0.5, 0.6) is 0 Å². The van der Waals surface area contributed by atoms with Crippen molar-refractivity contribution in [3.8, 4) is 5.69 Å². The lowest BCUT2D eigenvalue weighted by Gasteiger charge is -2.32. The van der Waals surface area contributed by atoms with Gasteiger partial charge in [0.25, 0.3) is 5.56 Å². The number of carbonyl (C=O) groups is 1. The summed E-state index contributed by atoms with van der Waals surface area (Å²) < 4.78 is 46.1. The summed E-state index contributed by atoms with van der Waals surface area (Å²) in [6, 6.07) is 5.75. The fraction of sp³-hybridized carbons (Fsp3) is 0.250. The highest BCUT2D eigenvalue weighted by molar-refractivity contribution is 5.89. The lowest BCUT2D eigenvalue weighted by molar-refractivity contribution is 0.0696. The third kappa shape index (κ3) is 4.38. The Morgan fingerprint density at radius 2 is 1.92 bits per heavy atom. The minimum absolute atomic E-state index is 0.0872. The van der Waals surface area contributed by atoms with E-state index in [0.29, 0.717) is 41.7 Å². The quantitative estimate of drug-likeness (QED) is 0.386. The van der Waals surface area contributed by atoms with Gasteiger partial charge in [-0.3, -0.25) is 14.3 Å². The van der Waals surface area contributed by atoms with Crippen LogP contribution < -0.4 is 11.3 Å². The topological polar surface area (TPSA) is 106 Å². The second-order valence-corrected chi connectivity index (χ2v) is 9.68. The molecule has 0 aliphatic carbocycles. The van der Waals surface area contributed by atoms with Gasteiger partial charge in [-0.2, -0.15) is 4.39 Å². The molecule has 5 rings (SSSR count). The van der Waals surface area contributed by atoms with Gasteiger partial charge in [0, 0.05) is 49.0 Å². The van der Waals surface area contributed by atoms with Gasteiger partial charge in [0.05, 0.1) is 17.4 Å². The van der Waals surface area contributed by atoms with Crippen molar-refractivity contribution in [3.05, 3.63) is 92.9 Å². The Morgan fingerprint density at radius 3 is 2.56 bits per heavy atom. The molecule has 4 aromatic rings. The van der Waals surface area contributed by atoms with Gasteiger partial charge in [0.2, 0.25) is 5.82 Å². The predicted molar refractivity (Wildman–Crippen MR) is 141 cm³/mol. The molecule has 4 heterocycles. The summed E-state index contributed by atoms with van der Waals surface area (Å²) in [6.45, 7) is 4.84. The van der Waals surface area contributed by atoms with Crippen LogP contribution in [0.1, 0.15) is 46.6 Å². The molecule has 0 amide bonds. The van der Waals surface area contributed by atoms with E-state index in [9.17, 15) is 27.9 Å². The number of carboxylic acid groups (broad SMARTS) is 1. The van der Waals surface area contributed by atoms with Crippen molar-refractivity contribution in [1.82, 2.24) is 19.0 Å². The van der Waals surface area contributed by atoms with Gasteiger partial charge in [-0.05, 0) is 55.7 Å². The van der Waals surface area contributed by atoms with Gasteiger partial charge in [-0.15, -0.1) is 0 Å². The maximum Gasteiger partial charge on any atom is 0.335 e. The Bertz CT molecular complexity index is 1720. The second kappa shape index (κ2) is 9.73. The first-order valence-corrected chi connectivity index (χ1v) is 12.3. The molecule has 1 aromatic carbocycles. The van der Waals surface area contributed by atoms with E-state index in [1.165, 1.54) is 18.3 Å². The lowest BCUT2D eigenvalue weighted by atomic mass is 9.93. The molecule has 0 spiro atoms. The number of fused-ring (bicyclic) bond motifs is 1. The molecule has 1 aliphatic rings.